The van der Waals surface area contributed by atoms with Gasteiger partial charge in [0.2, 0.25) is 0 Å². The fourth-order valence-electron chi connectivity index (χ4n) is 2.10. The Morgan fingerprint density at radius 2 is 2.27 bits per heavy atom. The smallest absolute Gasteiger partial charge is 0.317 e. The molecule has 0 saturated carbocycles. The van der Waals surface area contributed by atoms with Gasteiger partial charge in [-0.3, -0.25) is 4.98 Å². The maximum Gasteiger partial charge on any atom is 0.317 e. The maximum atomic E-state index is 12.1. The third-order valence-corrected chi connectivity index (χ3v) is 4.51. The molecule has 2 heterocycles. The van der Waals surface area contributed by atoms with E-state index in [0.29, 0.717) is 13.1 Å². The summed E-state index contributed by atoms with van der Waals surface area (Å²) in [4.78, 5) is 23.5. The molecule has 0 unspecified atom stereocenters. The van der Waals surface area contributed by atoms with Crippen LogP contribution in [0.25, 0.3) is 0 Å². The molecule has 0 aliphatic carbocycles. The Hall–Kier alpha value is -1.95. The molecule has 0 bridgehead atoms. The van der Waals surface area contributed by atoms with E-state index in [0.717, 1.165) is 34.0 Å². The van der Waals surface area contributed by atoms with E-state index in [2.05, 4.69) is 22.2 Å². The molecule has 2 aromatic heterocycles. The molecule has 22 heavy (non-hydrogen) atoms. The minimum Gasteiger partial charge on any atom is -0.333 e. The molecule has 118 valence electrons. The van der Waals surface area contributed by atoms with Crippen molar-refractivity contribution in [3.8, 4) is 0 Å². The quantitative estimate of drug-likeness (QED) is 0.890. The predicted molar refractivity (Wildman–Crippen MR) is 88.8 cm³/mol. The fourth-order valence-corrected chi connectivity index (χ4v) is 3.21. The predicted octanol–water partition coefficient (Wildman–Crippen LogP) is 3.14. The van der Waals surface area contributed by atoms with Gasteiger partial charge in [-0.1, -0.05) is 13.0 Å². The molecule has 0 aromatic carbocycles. The largest absolute Gasteiger partial charge is 0.333 e. The number of amides is 2. The second-order valence-corrected chi connectivity index (χ2v) is 6.41. The van der Waals surface area contributed by atoms with Crippen molar-refractivity contribution in [1.29, 1.82) is 0 Å². The standard InChI is InChI=1S/C16H22N4OS/c1-4-6-15-19-12(2)14(22-15)10-18-16(21)20(3)11-13-7-5-8-17-9-13/h5,7-9H,4,6,10-11H2,1-3H3,(H,18,21). The summed E-state index contributed by atoms with van der Waals surface area (Å²) in [5.74, 6) is 0. The summed E-state index contributed by atoms with van der Waals surface area (Å²) >= 11 is 1.69. The lowest BCUT2D eigenvalue weighted by atomic mass is 10.3. The van der Waals surface area contributed by atoms with Crippen molar-refractivity contribution in [2.24, 2.45) is 0 Å². The van der Waals surface area contributed by atoms with Gasteiger partial charge in [-0.2, -0.15) is 0 Å². The van der Waals surface area contributed by atoms with Crippen molar-refractivity contribution in [3.63, 3.8) is 0 Å². The summed E-state index contributed by atoms with van der Waals surface area (Å²) in [6.07, 6.45) is 5.59. The van der Waals surface area contributed by atoms with Gasteiger partial charge in [0.25, 0.3) is 0 Å². The van der Waals surface area contributed by atoms with Crippen LogP contribution in [0.15, 0.2) is 24.5 Å². The topological polar surface area (TPSA) is 58.1 Å². The van der Waals surface area contributed by atoms with Gasteiger partial charge in [-0.05, 0) is 31.4 Å². The van der Waals surface area contributed by atoms with E-state index in [1.165, 1.54) is 0 Å². The number of nitrogens with zero attached hydrogens (tertiary/aromatic N) is 3. The van der Waals surface area contributed by atoms with Crippen LogP contribution in [-0.4, -0.2) is 27.9 Å². The van der Waals surface area contributed by atoms with Crippen molar-refractivity contribution in [2.45, 2.75) is 39.8 Å². The molecule has 0 spiro atoms. The number of carbonyl (C=O) groups excluding carboxylic acids is 1. The summed E-state index contributed by atoms with van der Waals surface area (Å²) in [6.45, 7) is 5.22. The molecule has 0 saturated heterocycles. The van der Waals surface area contributed by atoms with E-state index >= 15 is 0 Å². The van der Waals surface area contributed by atoms with E-state index in [-0.39, 0.29) is 6.03 Å². The number of thiazole rings is 1. The molecule has 0 radical (unpaired) electrons. The van der Waals surface area contributed by atoms with Gasteiger partial charge in [0.15, 0.2) is 0 Å². The first-order valence-corrected chi connectivity index (χ1v) is 8.24. The highest BCUT2D eigenvalue weighted by atomic mass is 32.1. The number of rotatable bonds is 6. The van der Waals surface area contributed by atoms with Crippen LogP contribution in [0.2, 0.25) is 0 Å². The molecule has 2 rings (SSSR count). The molecule has 6 heteroatoms. The summed E-state index contributed by atoms with van der Waals surface area (Å²) in [5.41, 5.74) is 2.03. The Labute approximate surface area is 135 Å². The third kappa shape index (κ3) is 4.53. The minimum atomic E-state index is -0.0892. The van der Waals surface area contributed by atoms with Gasteiger partial charge < -0.3 is 10.2 Å². The molecule has 1 N–H and O–H groups in total. The van der Waals surface area contributed by atoms with E-state index < -0.39 is 0 Å². The summed E-state index contributed by atoms with van der Waals surface area (Å²) in [7, 11) is 1.78. The van der Waals surface area contributed by atoms with Crippen molar-refractivity contribution in [3.05, 3.63) is 45.7 Å². The molecular weight excluding hydrogens is 296 g/mol. The number of nitrogens with one attached hydrogen (secondary N) is 1. The molecular formula is C16H22N4OS. The number of hydrogen-bond acceptors (Lipinski definition) is 4. The highest BCUT2D eigenvalue weighted by molar-refractivity contribution is 7.11. The zero-order valence-corrected chi connectivity index (χ0v) is 14.1. The Bertz CT molecular complexity index is 612. The van der Waals surface area contributed by atoms with Crippen molar-refractivity contribution < 1.29 is 4.79 Å². The molecule has 0 aliphatic rings. The van der Waals surface area contributed by atoms with Gasteiger partial charge in [0, 0.05) is 30.9 Å². The van der Waals surface area contributed by atoms with Gasteiger partial charge in [-0.25, -0.2) is 9.78 Å². The van der Waals surface area contributed by atoms with Crippen LogP contribution in [0, 0.1) is 6.92 Å². The number of aromatic nitrogens is 2. The minimum absolute atomic E-state index is 0.0892. The van der Waals surface area contributed by atoms with E-state index in [1.54, 1.807) is 35.7 Å². The van der Waals surface area contributed by atoms with Crippen LogP contribution >= 0.6 is 11.3 Å². The van der Waals surface area contributed by atoms with Crippen LogP contribution in [0.4, 0.5) is 4.79 Å². The van der Waals surface area contributed by atoms with E-state index in [4.69, 9.17) is 0 Å². The lowest BCUT2D eigenvalue weighted by molar-refractivity contribution is 0.206. The highest BCUT2D eigenvalue weighted by Crippen LogP contribution is 2.19. The van der Waals surface area contributed by atoms with E-state index in [1.807, 2.05) is 19.1 Å². The van der Waals surface area contributed by atoms with E-state index in [9.17, 15) is 4.79 Å². The number of pyridine rings is 1. The summed E-state index contributed by atoms with van der Waals surface area (Å²) < 4.78 is 0. The highest BCUT2D eigenvalue weighted by Gasteiger charge is 2.12. The van der Waals surface area contributed by atoms with Gasteiger partial charge in [0.1, 0.15) is 0 Å². The number of hydrogen-bond donors (Lipinski definition) is 1. The summed E-state index contributed by atoms with van der Waals surface area (Å²) in [6, 6.07) is 3.74. The van der Waals surface area contributed by atoms with Gasteiger partial charge in [-0.15, -0.1) is 11.3 Å². The summed E-state index contributed by atoms with van der Waals surface area (Å²) in [5, 5.41) is 4.10. The Morgan fingerprint density at radius 1 is 1.45 bits per heavy atom. The lowest BCUT2D eigenvalue weighted by Crippen LogP contribution is -2.36. The van der Waals surface area contributed by atoms with Crippen molar-refractivity contribution in [1.82, 2.24) is 20.2 Å². The first-order chi connectivity index (χ1) is 10.6. The van der Waals surface area contributed by atoms with Crippen LogP contribution in [0.1, 0.15) is 34.5 Å². The van der Waals surface area contributed by atoms with Crippen LogP contribution in [0.3, 0.4) is 0 Å². The number of urea groups is 1. The molecule has 0 fully saturated rings. The SMILES string of the molecule is CCCc1nc(C)c(CNC(=O)N(C)Cc2cccnc2)s1. The van der Waals surface area contributed by atoms with Crippen molar-refractivity contribution >= 4 is 17.4 Å². The Kier molecular flexibility index (Phi) is 5.89. The number of aryl methyl sites for hydroxylation is 2. The van der Waals surface area contributed by atoms with Crippen LogP contribution < -0.4 is 5.32 Å². The number of carbonyl (C=O) groups is 1. The monoisotopic (exact) mass is 318 g/mol. The zero-order chi connectivity index (χ0) is 15.9. The average molecular weight is 318 g/mol. The maximum absolute atomic E-state index is 12.1. The van der Waals surface area contributed by atoms with Gasteiger partial charge >= 0.3 is 6.03 Å². The normalized spacial score (nSPS) is 10.5. The third-order valence-electron chi connectivity index (χ3n) is 3.29. The lowest BCUT2D eigenvalue weighted by Gasteiger charge is -2.17. The van der Waals surface area contributed by atoms with Crippen LogP contribution in [0.5, 0.6) is 0 Å². The second-order valence-electron chi connectivity index (χ2n) is 5.24. The molecule has 2 amide bonds. The average Bonchev–Trinajstić information content (AvgIpc) is 2.86. The Morgan fingerprint density at radius 3 is 2.95 bits per heavy atom. The molecule has 2 aromatic rings. The zero-order valence-electron chi connectivity index (χ0n) is 13.3. The molecule has 5 nitrogen and oxygen atoms in total. The van der Waals surface area contributed by atoms with Gasteiger partial charge in [0.05, 0.1) is 17.2 Å². The molecule has 0 atom stereocenters. The Balaban J connectivity index is 1.86. The van der Waals surface area contributed by atoms with Crippen molar-refractivity contribution in [2.75, 3.05) is 7.05 Å². The fraction of sp³-hybridized carbons (Fsp3) is 0.438. The molecule has 0 aliphatic heterocycles. The second kappa shape index (κ2) is 7.89. The van der Waals surface area contributed by atoms with Crippen LogP contribution in [-0.2, 0) is 19.5 Å². The first kappa shape index (κ1) is 16.4. The first-order valence-electron chi connectivity index (χ1n) is 7.43.